The second-order valence-corrected chi connectivity index (χ2v) is 8.93. The molecule has 1 aliphatic heterocycles. The van der Waals surface area contributed by atoms with Gasteiger partial charge >= 0.3 is 0 Å². The average Bonchev–Trinajstić information content (AvgIpc) is 2.66. The monoisotopic (exact) mass is 362 g/mol. The average molecular weight is 363 g/mol. The largest absolute Gasteiger partial charge is 0.487 e. The third kappa shape index (κ3) is 3.27. The van der Waals surface area contributed by atoms with Gasteiger partial charge in [-0.05, 0) is 80.8 Å². The van der Waals surface area contributed by atoms with Gasteiger partial charge in [0.15, 0.2) is 11.6 Å². The summed E-state index contributed by atoms with van der Waals surface area (Å²) in [4.78, 5) is 0. The minimum absolute atomic E-state index is 0.0240. The van der Waals surface area contributed by atoms with Gasteiger partial charge < -0.3 is 4.74 Å². The van der Waals surface area contributed by atoms with Crippen molar-refractivity contribution >= 4 is 0 Å². The minimum atomic E-state index is -0.738. The van der Waals surface area contributed by atoms with Gasteiger partial charge in [0.1, 0.15) is 0 Å². The van der Waals surface area contributed by atoms with E-state index in [0.717, 1.165) is 49.1 Å². The fourth-order valence-corrected chi connectivity index (χ4v) is 5.78. The summed E-state index contributed by atoms with van der Waals surface area (Å²) in [6, 6.07) is 0. The van der Waals surface area contributed by atoms with E-state index in [1.807, 2.05) is 6.92 Å². The topological polar surface area (TPSA) is 9.23 Å². The standard InChI is InChI=1S/C23H32F2O/c1-3-4-15-6-8-16(9-7-15)17-10-12-18-19-11-5-14(2)26-23(19)22(25)21(24)20(18)13-17/h14-17H,3-13H2,1-2H3. The summed E-state index contributed by atoms with van der Waals surface area (Å²) in [5.74, 6) is 0.965. The van der Waals surface area contributed by atoms with Crippen molar-refractivity contribution in [3.05, 3.63) is 28.3 Å². The van der Waals surface area contributed by atoms with Crippen LogP contribution in [0.1, 0.15) is 81.9 Å². The molecule has 0 spiro atoms. The first-order chi connectivity index (χ1) is 12.6. The molecule has 0 radical (unpaired) electrons. The molecule has 4 rings (SSSR count). The molecule has 3 heteroatoms. The van der Waals surface area contributed by atoms with E-state index in [9.17, 15) is 8.78 Å². The van der Waals surface area contributed by atoms with Crippen molar-refractivity contribution in [2.24, 2.45) is 17.8 Å². The van der Waals surface area contributed by atoms with E-state index < -0.39 is 11.6 Å². The van der Waals surface area contributed by atoms with E-state index in [0.29, 0.717) is 17.4 Å². The summed E-state index contributed by atoms with van der Waals surface area (Å²) in [5.41, 5.74) is 2.70. The zero-order chi connectivity index (χ0) is 18.3. The van der Waals surface area contributed by atoms with Crippen molar-refractivity contribution in [1.82, 2.24) is 0 Å². The van der Waals surface area contributed by atoms with Crippen LogP contribution in [-0.4, -0.2) is 6.10 Å². The number of fused-ring (bicyclic) bond motifs is 3. The zero-order valence-electron chi connectivity index (χ0n) is 16.3. The van der Waals surface area contributed by atoms with Gasteiger partial charge in [-0.15, -0.1) is 0 Å². The van der Waals surface area contributed by atoms with Crippen molar-refractivity contribution in [2.75, 3.05) is 0 Å². The molecular formula is C23H32F2O. The lowest BCUT2D eigenvalue weighted by Gasteiger charge is -2.38. The van der Waals surface area contributed by atoms with Crippen LogP contribution in [0.4, 0.5) is 8.78 Å². The van der Waals surface area contributed by atoms with E-state index in [1.165, 1.54) is 38.5 Å². The Labute approximate surface area is 156 Å². The van der Waals surface area contributed by atoms with Crippen LogP contribution in [0.3, 0.4) is 0 Å². The molecule has 26 heavy (non-hydrogen) atoms. The molecule has 2 aliphatic carbocycles. The molecule has 1 fully saturated rings. The molecule has 1 nitrogen and oxygen atoms in total. The van der Waals surface area contributed by atoms with Gasteiger partial charge in [0, 0.05) is 5.56 Å². The Kier molecular flexibility index (Phi) is 5.25. The van der Waals surface area contributed by atoms with E-state index >= 15 is 0 Å². The highest BCUT2D eigenvalue weighted by molar-refractivity contribution is 5.49. The van der Waals surface area contributed by atoms with Crippen molar-refractivity contribution in [1.29, 1.82) is 0 Å². The lowest BCUT2D eigenvalue weighted by molar-refractivity contribution is 0.171. The van der Waals surface area contributed by atoms with Gasteiger partial charge in [0.2, 0.25) is 5.82 Å². The van der Waals surface area contributed by atoms with Crippen LogP contribution in [0.5, 0.6) is 5.75 Å². The molecule has 144 valence electrons. The number of ether oxygens (including phenoxy) is 1. The quantitative estimate of drug-likeness (QED) is 0.605. The highest BCUT2D eigenvalue weighted by atomic mass is 19.2. The summed E-state index contributed by atoms with van der Waals surface area (Å²) < 4.78 is 35.2. The maximum Gasteiger partial charge on any atom is 0.201 e. The van der Waals surface area contributed by atoms with Gasteiger partial charge in [-0.2, -0.15) is 4.39 Å². The first-order valence-electron chi connectivity index (χ1n) is 10.8. The highest BCUT2D eigenvalue weighted by Gasteiger charge is 2.35. The first kappa shape index (κ1) is 18.3. The molecule has 2 unspecified atom stereocenters. The Morgan fingerprint density at radius 3 is 2.31 bits per heavy atom. The van der Waals surface area contributed by atoms with Crippen LogP contribution in [0.15, 0.2) is 0 Å². The van der Waals surface area contributed by atoms with Gasteiger partial charge in [-0.1, -0.05) is 32.6 Å². The van der Waals surface area contributed by atoms with Crippen LogP contribution < -0.4 is 4.74 Å². The Morgan fingerprint density at radius 1 is 0.846 bits per heavy atom. The van der Waals surface area contributed by atoms with Crippen LogP contribution in [0.25, 0.3) is 0 Å². The maximum atomic E-state index is 14.8. The molecule has 0 amide bonds. The van der Waals surface area contributed by atoms with Gasteiger partial charge in [0.05, 0.1) is 6.10 Å². The molecule has 1 saturated carbocycles. The smallest absolute Gasteiger partial charge is 0.201 e. The molecule has 0 bridgehead atoms. The van der Waals surface area contributed by atoms with E-state index in [4.69, 9.17) is 4.74 Å². The summed E-state index contributed by atoms with van der Waals surface area (Å²) in [7, 11) is 0. The first-order valence-corrected chi connectivity index (χ1v) is 10.8. The molecule has 1 heterocycles. The van der Waals surface area contributed by atoms with Crippen LogP contribution in [-0.2, 0) is 19.3 Å². The third-order valence-corrected chi connectivity index (χ3v) is 7.27. The van der Waals surface area contributed by atoms with Gasteiger partial charge in [-0.25, -0.2) is 4.39 Å². The third-order valence-electron chi connectivity index (χ3n) is 7.27. The molecule has 2 atom stereocenters. The number of rotatable bonds is 3. The van der Waals surface area contributed by atoms with Crippen LogP contribution in [0.2, 0.25) is 0 Å². The van der Waals surface area contributed by atoms with Crippen LogP contribution >= 0.6 is 0 Å². The van der Waals surface area contributed by atoms with Crippen molar-refractivity contribution < 1.29 is 13.5 Å². The number of hydrogen-bond acceptors (Lipinski definition) is 1. The Morgan fingerprint density at radius 2 is 1.58 bits per heavy atom. The predicted octanol–water partition coefficient (Wildman–Crippen LogP) is 6.39. The fourth-order valence-electron chi connectivity index (χ4n) is 5.78. The normalized spacial score (nSPS) is 31.1. The van der Waals surface area contributed by atoms with Crippen LogP contribution in [0, 0.1) is 29.4 Å². The molecule has 1 aromatic rings. The van der Waals surface area contributed by atoms with E-state index in [1.54, 1.807) is 0 Å². The van der Waals surface area contributed by atoms with Crippen molar-refractivity contribution in [3.63, 3.8) is 0 Å². The Balaban J connectivity index is 1.53. The summed E-state index contributed by atoms with van der Waals surface area (Å²) >= 11 is 0. The summed E-state index contributed by atoms with van der Waals surface area (Å²) in [6.07, 6.45) is 12.3. The minimum Gasteiger partial charge on any atom is -0.487 e. The Hall–Kier alpha value is -1.12. The number of hydrogen-bond donors (Lipinski definition) is 0. The summed E-state index contributed by atoms with van der Waals surface area (Å²) in [6.45, 7) is 4.21. The highest BCUT2D eigenvalue weighted by Crippen LogP contribution is 2.45. The molecule has 0 saturated heterocycles. The lowest BCUT2D eigenvalue weighted by atomic mass is 9.68. The molecule has 1 aromatic carbocycles. The Bertz CT molecular complexity index is 661. The molecule has 0 N–H and O–H groups in total. The number of halogens is 2. The zero-order valence-corrected chi connectivity index (χ0v) is 16.3. The molecule has 0 aromatic heterocycles. The second kappa shape index (κ2) is 7.48. The molecule has 3 aliphatic rings. The van der Waals surface area contributed by atoms with Crippen molar-refractivity contribution in [2.45, 2.75) is 90.6 Å². The molecular weight excluding hydrogens is 330 g/mol. The van der Waals surface area contributed by atoms with Crippen molar-refractivity contribution in [3.8, 4) is 5.75 Å². The van der Waals surface area contributed by atoms with E-state index in [-0.39, 0.29) is 11.9 Å². The SMILES string of the molecule is CCCC1CCC(C2CCc3c(c(F)c(F)c4c3CCC(C)O4)C2)CC1. The fraction of sp³-hybridized carbons (Fsp3) is 0.739. The van der Waals surface area contributed by atoms with E-state index in [2.05, 4.69) is 6.92 Å². The predicted molar refractivity (Wildman–Crippen MR) is 101 cm³/mol. The lowest BCUT2D eigenvalue weighted by Crippen LogP contribution is -2.29. The maximum absolute atomic E-state index is 14.8. The number of benzene rings is 1. The summed E-state index contributed by atoms with van der Waals surface area (Å²) in [5, 5.41) is 0. The second-order valence-electron chi connectivity index (χ2n) is 8.93. The van der Waals surface area contributed by atoms with Gasteiger partial charge in [0.25, 0.3) is 0 Å². The van der Waals surface area contributed by atoms with Gasteiger partial charge in [-0.3, -0.25) is 0 Å².